The fourth-order valence-electron chi connectivity index (χ4n) is 5.19. The molecule has 8 heteroatoms. The van der Waals surface area contributed by atoms with Crippen LogP contribution in [-0.2, 0) is 4.79 Å². The van der Waals surface area contributed by atoms with Gasteiger partial charge in [-0.25, -0.2) is 8.78 Å². The number of aromatic nitrogens is 1. The number of aliphatic carboxylic acids is 1. The van der Waals surface area contributed by atoms with Gasteiger partial charge in [-0.2, -0.15) is 5.26 Å². The number of likely N-dealkylation sites (tertiary alicyclic amines) is 1. The minimum Gasteiger partial charge on any atom is -0.497 e. The number of alkyl halides is 1. The van der Waals surface area contributed by atoms with Gasteiger partial charge in [-0.3, -0.25) is 14.7 Å². The smallest absolute Gasteiger partial charge is 0.303 e. The second-order valence-corrected chi connectivity index (χ2v) is 9.55. The lowest BCUT2D eigenvalue weighted by Crippen LogP contribution is -2.41. The number of benzene rings is 2. The van der Waals surface area contributed by atoms with Crippen molar-refractivity contribution in [1.82, 2.24) is 9.88 Å². The van der Waals surface area contributed by atoms with E-state index < -0.39 is 18.0 Å². The Kier molecular flexibility index (Phi) is 8.89. The Bertz CT molecular complexity index is 1410. The first-order valence-corrected chi connectivity index (χ1v) is 12.6. The van der Waals surface area contributed by atoms with Crippen LogP contribution in [0.2, 0.25) is 0 Å². The van der Waals surface area contributed by atoms with Crippen molar-refractivity contribution in [2.75, 3.05) is 26.7 Å². The zero-order chi connectivity index (χ0) is 27.1. The normalized spacial score (nSPS) is 18.3. The molecule has 1 N–H and O–H groups in total. The molecular formula is C30H29F2N3O3. The van der Waals surface area contributed by atoms with Crippen molar-refractivity contribution in [3.05, 3.63) is 71.2 Å². The molecule has 3 atom stereocenters. The maximum atomic E-state index is 15.5. The van der Waals surface area contributed by atoms with Crippen LogP contribution in [0.25, 0.3) is 10.9 Å². The van der Waals surface area contributed by atoms with Crippen LogP contribution in [-0.4, -0.2) is 47.7 Å². The quantitative estimate of drug-likeness (QED) is 0.397. The number of hydrogen-bond donors (Lipinski definition) is 1. The molecule has 1 fully saturated rings. The molecule has 0 saturated carbocycles. The number of carbonyl (C=O) groups is 1. The maximum Gasteiger partial charge on any atom is 0.303 e. The van der Waals surface area contributed by atoms with Gasteiger partial charge in [-0.15, -0.1) is 0 Å². The summed E-state index contributed by atoms with van der Waals surface area (Å²) >= 11 is 0. The molecule has 0 bridgehead atoms. The summed E-state index contributed by atoms with van der Waals surface area (Å²) in [4.78, 5) is 18.0. The van der Waals surface area contributed by atoms with Crippen LogP contribution in [0.15, 0.2) is 48.7 Å². The molecule has 38 heavy (non-hydrogen) atoms. The Morgan fingerprint density at radius 2 is 2.13 bits per heavy atom. The lowest BCUT2D eigenvalue weighted by atomic mass is 9.79. The molecule has 3 aromatic rings. The number of carboxylic acids is 1. The fourth-order valence-corrected chi connectivity index (χ4v) is 5.19. The number of nitriles is 1. The van der Waals surface area contributed by atoms with Gasteiger partial charge in [0.05, 0.1) is 19.2 Å². The molecule has 0 amide bonds. The number of ether oxygens (including phenoxy) is 1. The van der Waals surface area contributed by atoms with E-state index in [2.05, 4.69) is 21.7 Å². The van der Waals surface area contributed by atoms with Crippen molar-refractivity contribution in [2.24, 2.45) is 11.8 Å². The van der Waals surface area contributed by atoms with Gasteiger partial charge in [-0.1, -0.05) is 17.9 Å². The first kappa shape index (κ1) is 27.0. The van der Waals surface area contributed by atoms with E-state index in [1.165, 1.54) is 12.1 Å². The second-order valence-electron chi connectivity index (χ2n) is 9.55. The van der Waals surface area contributed by atoms with Gasteiger partial charge in [0.1, 0.15) is 29.4 Å². The number of carboxylic acid groups (broad SMARTS) is 1. The number of nitrogens with zero attached hydrogens (tertiary/aromatic N) is 3. The molecule has 1 aliphatic heterocycles. The van der Waals surface area contributed by atoms with Crippen LogP contribution in [0, 0.1) is 40.8 Å². The molecule has 196 valence electrons. The molecule has 6 nitrogen and oxygen atoms in total. The average molecular weight is 518 g/mol. The number of rotatable bonds is 8. The summed E-state index contributed by atoms with van der Waals surface area (Å²) in [5.41, 5.74) is 1.51. The van der Waals surface area contributed by atoms with Crippen molar-refractivity contribution >= 4 is 16.9 Å². The predicted molar refractivity (Wildman–Crippen MR) is 140 cm³/mol. The summed E-state index contributed by atoms with van der Waals surface area (Å²) < 4.78 is 34.6. The Morgan fingerprint density at radius 1 is 1.29 bits per heavy atom. The van der Waals surface area contributed by atoms with Crippen LogP contribution in [0.1, 0.15) is 48.5 Å². The van der Waals surface area contributed by atoms with E-state index in [1.807, 2.05) is 6.07 Å². The summed E-state index contributed by atoms with van der Waals surface area (Å²) in [6.07, 6.45) is 1.99. The van der Waals surface area contributed by atoms with Gasteiger partial charge in [0, 0.05) is 30.1 Å². The fraction of sp³-hybridized carbons (Fsp3) is 0.367. The Labute approximate surface area is 220 Å². The highest BCUT2D eigenvalue weighted by Gasteiger charge is 2.31. The van der Waals surface area contributed by atoms with E-state index in [4.69, 9.17) is 4.74 Å². The number of piperidine rings is 1. The Hall–Kier alpha value is -4.01. The molecule has 4 rings (SSSR count). The summed E-state index contributed by atoms with van der Waals surface area (Å²) in [6, 6.07) is 13.3. The van der Waals surface area contributed by atoms with Crippen molar-refractivity contribution in [1.29, 1.82) is 5.26 Å². The minimum atomic E-state index is -1.21. The van der Waals surface area contributed by atoms with E-state index in [1.54, 1.807) is 43.6 Å². The molecule has 2 aromatic carbocycles. The number of pyridine rings is 1. The van der Waals surface area contributed by atoms with Crippen LogP contribution < -0.4 is 4.74 Å². The highest BCUT2D eigenvalue weighted by Crippen LogP contribution is 2.36. The van der Waals surface area contributed by atoms with Crippen LogP contribution >= 0.6 is 0 Å². The topological polar surface area (TPSA) is 86.5 Å². The van der Waals surface area contributed by atoms with E-state index in [0.29, 0.717) is 53.8 Å². The third kappa shape index (κ3) is 6.45. The molecule has 1 aromatic heterocycles. The molecule has 1 saturated heterocycles. The van der Waals surface area contributed by atoms with Crippen LogP contribution in [0.5, 0.6) is 5.75 Å². The van der Waals surface area contributed by atoms with E-state index in [0.717, 1.165) is 6.42 Å². The van der Waals surface area contributed by atoms with Gasteiger partial charge in [0.2, 0.25) is 0 Å². The third-order valence-corrected chi connectivity index (χ3v) is 7.17. The molecule has 1 aliphatic rings. The van der Waals surface area contributed by atoms with Gasteiger partial charge >= 0.3 is 5.97 Å². The lowest BCUT2D eigenvalue weighted by molar-refractivity contribution is -0.139. The predicted octanol–water partition coefficient (Wildman–Crippen LogP) is 5.51. The summed E-state index contributed by atoms with van der Waals surface area (Å²) in [5, 5.41) is 19.4. The van der Waals surface area contributed by atoms with Crippen molar-refractivity contribution < 1.29 is 23.4 Å². The molecule has 0 radical (unpaired) electrons. The maximum absolute atomic E-state index is 15.5. The highest BCUT2D eigenvalue weighted by molar-refractivity contribution is 5.83. The van der Waals surface area contributed by atoms with E-state index in [-0.39, 0.29) is 30.2 Å². The largest absolute Gasteiger partial charge is 0.497 e. The summed E-state index contributed by atoms with van der Waals surface area (Å²) in [7, 11) is 1.57. The van der Waals surface area contributed by atoms with Crippen molar-refractivity contribution in [2.45, 2.75) is 31.9 Å². The number of halogens is 2. The SMILES string of the molecule is COc1ccc2nccc([C@@H](F)CC[C@@H]3CCN(CC#Cc4cccc(F)c4C#N)C[C@@H]3CC(=O)O)c2c1. The number of methoxy groups -OCH3 is 1. The minimum absolute atomic E-state index is 0.00338. The lowest BCUT2D eigenvalue weighted by Gasteiger charge is -2.37. The standard InChI is InChI=1S/C30H29F2N3O3/c1-38-23-8-10-29-25(17-23)24(11-13-34-29)28(32)9-7-20-12-15-35(19-22(20)16-30(36)37)14-3-5-21-4-2-6-27(31)26(21)18-33/h2,4,6,8,10-11,13,17,20,22,28H,7,9,12,14-16,19H2,1H3,(H,36,37)/t20-,22+,28+/m1/s1. The monoisotopic (exact) mass is 517 g/mol. The van der Waals surface area contributed by atoms with Crippen molar-refractivity contribution in [3.8, 4) is 23.7 Å². The zero-order valence-corrected chi connectivity index (χ0v) is 21.2. The van der Waals surface area contributed by atoms with Crippen molar-refractivity contribution in [3.63, 3.8) is 0 Å². The van der Waals surface area contributed by atoms with Crippen LogP contribution in [0.3, 0.4) is 0 Å². The average Bonchev–Trinajstić information content (AvgIpc) is 2.91. The molecule has 0 unspecified atom stereocenters. The molecule has 2 heterocycles. The van der Waals surface area contributed by atoms with E-state index >= 15 is 4.39 Å². The summed E-state index contributed by atoms with van der Waals surface area (Å²) in [5.74, 6) is 4.96. The zero-order valence-electron chi connectivity index (χ0n) is 21.2. The van der Waals surface area contributed by atoms with Crippen LogP contribution in [0.4, 0.5) is 8.78 Å². The number of hydrogen-bond acceptors (Lipinski definition) is 5. The van der Waals surface area contributed by atoms with Gasteiger partial charge in [0.25, 0.3) is 0 Å². The summed E-state index contributed by atoms with van der Waals surface area (Å²) in [6.45, 7) is 1.61. The first-order valence-electron chi connectivity index (χ1n) is 12.6. The Balaban J connectivity index is 1.40. The molecule has 0 aliphatic carbocycles. The van der Waals surface area contributed by atoms with Gasteiger partial charge in [0.15, 0.2) is 0 Å². The molecule has 0 spiro atoms. The first-order chi connectivity index (χ1) is 18.4. The van der Waals surface area contributed by atoms with Gasteiger partial charge in [-0.05, 0) is 79.6 Å². The molecular weight excluding hydrogens is 488 g/mol. The number of fused-ring (bicyclic) bond motifs is 1. The second kappa shape index (κ2) is 12.5. The third-order valence-electron chi connectivity index (χ3n) is 7.17. The highest BCUT2D eigenvalue weighted by atomic mass is 19.1. The van der Waals surface area contributed by atoms with E-state index in [9.17, 15) is 19.6 Å². The van der Waals surface area contributed by atoms with Gasteiger partial charge < -0.3 is 9.84 Å². The Morgan fingerprint density at radius 3 is 2.89 bits per heavy atom.